The minimum Gasteiger partial charge on any atom is -0.469 e. The van der Waals surface area contributed by atoms with Gasteiger partial charge in [0.1, 0.15) is 0 Å². The van der Waals surface area contributed by atoms with E-state index in [1.165, 1.54) is 12.7 Å². The van der Waals surface area contributed by atoms with E-state index in [4.69, 9.17) is 4.74 Å². The summed E-state index contributed by atoms with van der Waals surface area (Å²) in [6.07, 6.45) is 2.63. The van der Waals surface area contributed by atoms with Gasteiger partial charge in [0.25, 0.3) is 0 Å². The second kappa shape index (κ2) is 4.86. The highest BCUT2D eigenvalue weighted by Gasteiger charge is 2.27. The van der Waals surface area contributed by atoms with Gasteiger partial charge in [-0.25, -0.2) is 0 Å². The van der Waals surface area contributed by atoms with Gasteiger partial charge in [0.15, 0.2) is 0 Å². The van der Waals surface area contributed by atoms with Crippen molar-refractivity contribution in [2.75, 3.05) is 7.11 Å². The van der Waals surface area contributed by atoms with Gasteiger partial charge in [-0.15, -0.1) is 0 Å². The number of rotatable bonds is 1. The van der Waals surface area contributed by atoms with Crippen LogP contribution in [0.1, 0.15) is 42.6 Å². The number of carbonyl (C=O) groups excluding carboxylic acids is 1. The Morgan fingerprint density at radius 1 is 1.41 bits per heavy atom. The zero-order valence-corrected chi connectivity index (χ0v) is 10.7. The Kier molecular flexibility index (Phi) is 3.46. The summed E-state index contributed by atoms with van der Waals surface area (Å²) < 4.78 is 4.86. The van der Waals surface area contributed by atoms with Crippen molar-refractivity contribution in [3.05, 3.63) is 29.1 Å². The Hall–Kier alpha value is -1.38. The third-order valence-electron chi connectivity index (χ3n) is 3.60. The molecule has 2 unspecified atom stereocenters. The molecule has 92 valence electrons. The van der Waals surface area contributed by atoms with E-state index >= 15 is 0 Å². The Bertz CT molecular complexity index is 428. The molecule has 3 heteroatoms. The van der Waals surface area contributed by atoms with E-state index in [2.05, 4.69) is 18.0 Å². The Morgan fingerprint density at radius 2 is 2.18 bits per heavy atom. The maximum absolute atomic E-state index is 11.7. The van der Waals surface area contributed by atoms with Gasteiger partial charge in [0, 0.05) is 17.8 Å². The van der Waals surface area contributed by atoms with Crippen molar-refractivity contribution >= 4 is 5.97 Å². The average molecular weight is 233 g/mol. The second-order valence-electron chi connectivity index (χ2n) is 4.89. The van der Waals surface area contributed by atoms with Crippen LogP contribution >= 0.6 is 0 Å². The van der Waals surface area contributed by atoms with E-state index < -0.39 is 0 Å². The number of methoxy groups -OCH3 is 1. The van der Waals surface area contributed by atoms with Crippen molar-refractivity contribution in [3.63, 3.8) is 0 Å². The van der Waals surface area contributed by atoms with E-state index in [1.807, 2.05) is 13.0 Å². The first-order valence-electron chi connectivity index (χ1n) is 6.16. The summed E-state index contributed by atoms with van der Waals surface area (Å²) >= 11 is 0. The van der Waals surface area contributed by atoms with Crippen LogP contribution < -0.4 is 0 Å². The number of hydrogen-bond acceptors (Lipinski definition) is 3. The Morgan fingerprint density at radius 3 is 2.88 bits per heavy atom. The smallest absolute Gasteiger partial charge is 0.309 e. The molecule has 0 aliphatic heterocycles. The van der Waals surface area contributed by atoms with Crippen molar-refractivity contribution in [3.8, 4) is 0 Å². The third kappa shape index (κ3) is 2.48. The molecule has 0 bridgehead atoms. The van der Waals surface area contributed by atoms with Gasteiger partial charge in [0.05, 0.1) is 13.0 Å². The fraction of sp³-hybridized carbons (Fsp3) is 0.571. The van der Waals surface area contributed by atoms with Crippen LogP contribution in [0.4, 0.5) is 0 Å². The second-order valence-corrected chi connectivity index (χ2v) is 4.89. The standard InChI is InChI=1S/C14H19NO2/c1-9-4-6-11(14(16)17-3)8-13-12(9)7-5-10(2)15-13/h5,7,9,11H,4,6,8H2,1-3H3. The molecule has 1 aliphatic rings. The molecule has 17 heavy (non-hydrogen) atoms. The molecular formula is C14H19NO2. The molecule has 0 amide bonds. The topological polar surface area (TPSA) is 39.2 Å². The zero-order valence-electron chi connectivity index (χ0n) is 10.7. The molecule has 0 spiro atoms. The molecular weight excluding hydrogens is 214 g/mol. The van der Waals surface area contributed by atoms with Gasteiger partial charge < -0.3 is 4.74 Å². The fourth-order valence-electron chi connectivity index (χ4n) is 2.54. The molecule has 2 rings (SSSR count). The molecule has 1 aromatic heterocycles. The number of pyridine rings is 1. The quantitative estimate of drug-likeness (QED) is 0.553. The maximum Gasteiger partial charge on any atom is 0.309 e. The number of esters is 1. The zero-order chi connectivity index (χ0) is 12.4. The average Bonchev–Trinajstić information content (AvgIpc) is 2.48. The monoisotopic (exact) mass is 233 g/mol. The number of carbonyl (C=O) groups is 1. The first-order valence-corrected chi connectivity index (χ1v) is 6.16. The molecule has 1 heterocycles. The van der Waals surface area contributed by atoms with Gasteiger partial charge in [0.2, 0.25) is 0 Å². The van der Waals surface area contributed by atoms with Crippen LogP contribution in [-0.4, -0.2) is 18.1 Å². The molecule has 0 N–H and O–H groups in total. The van der Waals surface area contributed by atoms with Crippen molar-refractivity contribution in [2.24, 2.45) is 5.92 Å². The molecule has 0 aromatic carbocycles. The number of ether oxygens (including phenoxy) is 1. The number of aromatic nitrogens is 1. The van der Waals surface area contributed by atoms with E-state index in [-0.39, 0.29) is 11.9 Å². The molecule has 0 fully saturated rings. The molecule has 2 atom stereocenters. The fourth-order valence-corrected chi connectivity index (χ4v) is 2.54. The van der Waals surface area contributed by atoms with Crippen LogP contribution in [0, 0.1) is 12.8 Å². The lowest BCUT2D eigenvalue weighted by Crippen LogP contribution is -2.18. The lowest BCUT2D eigenvalue weighted by atomic mass is 9.97. The predicted octanol–water partition coefficient (Wildman–Crippen LogP) is 2.62. The highest BCUT2D eigenvalue weighted by atomic mass is 16.5. The minimum atomic E-state index is -0.103. The molecule has 0 saturated carbocycles. The highest BCUT2D eigenvalue weighted by molar-refractivity contribution is 5.72. The number of nitrogens with zero attached hydrogens (tertiary/aromatic N) is 1. The van der Waals surface area contributed by atoms with Crippen molar-refractivity contribution < 1.29 is 9.53 Å². The van der Waals surface area contributed by atoms with Crippen LogP contribution in [0.25, 0.3) is 0 Å². The normalized spacial score (nSPS) is 23.7. The summed E-state index contributed by atoms with van der Waals surface area (Å²) in [5.74, 6) is 0.346. The van der Waals surface area contributed by atoms with Gasteiger partial charge in [-0.05, 0) is 37.3 Å². The molecule has 1 aliphatic carbocycles. The summed E-state index contributed by atoms with van der Waals surface area (Å²) in [7, 11) is 1.46. The van der Waals surface area contributed by atoms with Crippen LogP contribution in [0.2, 0.25) is 0 Å². The van der Waals surface area contributed by atoms with Crippen molar-refractivity contribution in [1.82, 2.24) is 4.98 Å². The van der Waals surface area contributed by atoms with Crippen LogP contribution in [0.3, 0.4) is 0 Å². The number of fused-ring (bicyclic) bond motifs is 1. The van der Waals surface area contributed by atoms with Crippen molar-refractivity contribution in [2.45, 2.75) is 39.0 Å². The van der Waals surface area contributed by atoms with E-state index in [1.54, 1.807) is 0 Å². The van der Waals surface area contributed by atoms with Gasteiger partial charge >= 0.3 is 5.97 Å². The molecule has 0 saturated heterocycles. The first-order chi connectivity index (χ1) is 8.11. The summed E-state index contributed by atoms with van der Waals surface area (Å²) in [5, 5.41) is 0. The summed E-state index contributed by atoms with van der Waals surface area (Å²) in [6.45, 7) is 4.19. The molecule has 3 nitrogen and oxygen atoms in total. The van der Waals surface area contributed by atoms with E-state index in [0.717, 1.165) is 24.2 Å². The van der Waals surface area contributed by atoms with Gasteiger partial charge in [-0.3, -0.25) is 9.78 Å². The number of aryl methyl sites for hydroxylation is 1. The van der Waals surface area contributed by atoms with Crippen molar-refractivity contribution in [1.29, 1.82) is 0 Å². The summed E-state index contributed by atoms with van der Waals surface area (Å²) in [6, 6.07) is 4.20. The summed E-state index contributed by atoms with van der Waals surface area (Å²) in [5.41, 5.74) is 3.38. The van der Waals surface area contributed by atoms with Crippen LogP contribution in [0.15, 0.2) is 12.1 Å². The first kappa shape index (κ1) is 12.1. The third-order valence-corrected chi connectivity index (χ3v) is 3.60. The lowest BCUT2D eigenvalue weighted by Gasteiger charge is -2.12. The van der Waals surface area contributed by atoms with E-state index in [0.29, 0.717) is 12.3 Å². The lowest BCUT2D eigenvalue weighted by molar-refractivity contribution is -0.145. The largest absolute Gasteiger partial charge is 0.469 e. The van der Waals surface area contributed by atoms with Crippen LogP contribution in [0.5, 0.6) is 0 Å². The van der Waals surface area contributed by atoms with E-state index in [9.17, 15) is 4.79 Å². The van der Waals surface area contributed by atoms with Gasteiger partial charge in [-0.2, -0.15) is 0 Å². The molecule has 0 radical (unpaired) electrons. The predicted molar refractivity (Wildman–Crippen MR) is 65.8 cm³/mol. The minimum absolute atomic E-state index is 0.0296. The number of hydrogen-bond donors (Lipinski definition) is 0. The maximum atomic E-state index is 11.7. The molecule has 1 aromatic rings. The van der Waals surface area contributed by atoms with Crippen LogP contribution in [-0.2, 0) is 16.0 Å². The van der Waals surface area contributed by atoms with Gasteiger partial charge in [-0.1, -0.05) is 13.0 Å². The SMILES string of the molecule is COC(=O)C1CCC(C)c2ccc(C)nc2C1. The Labute approximate surface area is 102 Å². The summed E-state index contributed by atoms with van der Waals surface area (Å²) in [4.78, 5) is 16.3. The Balaban J connectivity index is 2.33. The highest BCUT2D eigenvalue weighted by Crippen LogP contribution is 2.32.